The number of benzene rings is 3. The van der Waals surface area contributed by atoms with Gasteiger partial charge in [0.05, 0.1) is 24.8 Å². The summed E-state index contributed by atoms with van der Waals surface area (Å²) >= 11 is 6.02. The Bertz CT molecular complexity index is 1380. The smallest absolute Gasteiger partial charge is 0.264 e. The summed E-state index contributed by atoms with van der Waals surface area (Å²) in [5, 5.41) is 3.26. The van der Waals surface area contributed by atoms with Crippen LogP contribution in [-0.2, 0) is 26.2 Å². The Hall–Kier alpha value is -3.76. The number of anilines is 1. The van der Waals surface area contributed by atoms with E-state index in [2.05, 4.69) is 5.32 Å². The summed E-state index contributed by atoms with van der Waals surface area (Å²) < 4.78 is 39.3. The van der Waals surface area contributed by atoms with Gasteiger partial charge >= 0.3 is 0 Å². The second-order valence-electron chi connectivity index (χ2n) is 8.58. The predicted molar refractivity (Wildman–Crippen MR) is 151 cm³/mol. The average molecular weight is 574 g/mol. The van der Waals surface area contributed by atoms with Crippen LogP contribution in [0.5, 0.6) is 11.5 Å². The van der Waals surface area contributed by atoms with E-state index >= 15 is 0 Å². The maximum absolute atomic E-state index is 13.9. The molecule has 1 unspecified atom stereocenters. The van der Waals surface area contributed by atoms with Crippen molar-refractivity contribution in [2.75, 3.05) is 31.6 Å². The molecule has 0 saturated heterocycles. The third-order valence-electron chi connectivity index (χ3n) is 6.05. The summed E-state index contributed by atoms with van der Waals surface area (Å²) in [6, 6.07) is 18.4. The standard InChI is InChI=1S/C28H32ClN3O6S/c1-5-30-28(34)20(2)31(18-21-11-13-22(29)14-12-21)27(33)19-32(39(35,36)24-9-7-6-8-10-24)23-15-16-25(37-3)26(17-23)38-4/h6-17,20H,5,18-19H2,1-4H3,(H,30,34). The summed E-state index contributed by atoms with van der Waals surface area (Å²) in [5.74, 6) is -0.232. The normalized spacial score (nSPS) is 11.8. The molecule has 0 aliphatic rings. The lowest BCUT2D eigenvalue weighted by Gasteiger charge is -2.32. The number of ether oxygens (including phenoxy) is 2. The van der Waals surface area contributed by atoms with E-state index in [1.165, 1.54) is 43.4 Å². The van der Waals surface area contributed by atoms with Crippen molar-refractivity contribution in [2.24, 2.45) is 0 Å². The van der Waals surface area contributed by atoms with E-state index in [1.807, 2.05) is 0 Å². The van der Waals surface area contributed by atoms with Crippen molar-refractivity contribution in [1.82, 2.24) is 10.2 Å². The first-order valence-corrected chi connectivity index (χ1v) is 14.1. The third-order valence-corrected chi connectivity index (χ3v) is 8.09. The Kier molecular flexibility index (Phi) is 10.2. The number of carbonyl (C=O) groups is 2. The number of carbonyl (C=O) groups excluding carboxylic acids is 2. The lowest BCUT2D eigenvalue weighted by molar-refractivity contribution is -0.139. The average Bonchev–Trinajstić information content (AvgIpc) is 2.95. The molecule has 0 spiro atoms. The van der Waals surface area contributed by atoms with Crippen molar-refractivity contribution in [3.05, 3.63) is 83.4 Å². The van der Waals surface area contributed by atoms with Crippen LogP contribution >= 0.6 is 11.6 Å². The Labute approximate surface area is 234 Å². The SMILES string of the molecule is CCNC(=O)C(C)N(Cc1ccc(Cl)cc1)C(=O)CN(c1ccc(OC)c(OC)c1)S(=O)(=O)c1ccccc1. The molecule has 39 heavy (non-hydrogen) atoms. The quantitative estimate of drug-likeness (QED) is 0.350. The third kappa shape index (κ3) is 7.21. The maximum Gasteiger partial charge on any atom is 0.264 e. The number of methoxy groups -OCH3 is 2. The second kappa shape index (κ2) is 13.3. The van der Waals surface area contributed by atoms with Gasteiger partial charge in [-0.3, -0.25) is 13.9 Å². The zero-order chi connectivity index (χ0) is 28.6. The number of halogens is 1. The van der Waals surface area contributed by atoms with Crippen molar-refractivity contribution < 1.29 is 27.5 Å². The number of amides is 2. The fourth-order valence-corrected chi connectivity index (χ4v) is 5.47. The van der Waals surface area contributed by atoms with E-state index in [4.69, 9.17) is 21.1 Å². The number of nitrogens with zero attached hydrogens (tertiary/aromatic N) is 2. The molecule has 0 heterocycles. The summed E-state index contributed by atoms with van der Waals surface area (Å²) in [6.45, 7) is 3.27. The highest BCUT2D eigenvalue weighted by Gasteiger charge is 2.32. The fraction of sp³-hybridized carbons (Fsp3) is 0.286. The van der Waals surface area contributed by atoms with Crippen LogP contribution in [-0.4, -0.2) is 58.5 Å². The highest BCUT2D eigenvalue weighted by molar-refractivity contribution is 7.92. The first-order valence-electron chi connectivity index (χ1n) is 12.2. The van der Waals surface area contributed by atoms with Gasteiger partial charge in [-0.1, -0.05) is 41.9 Å². The van der Waals surface area contributed by atoms with E-state index in [0.717, 1.165) is 9.87 Å². The van der Waals surface area contributed by atoms with Gasteiger partial charge in [0.1, 0.15) is 12.6 Å². The van der Waals surface area contributed by atoms with Crippen LogP contribution in [0.4, 0.5) is 5.69 Å². The number of likely N-dealkylation sites (N-methyl/N-ethyl adjacent to an activating group) is 1. The number of hydrogen-bond acceptors (Lipinski definition) is 6. The molecule has 0 fully saturated rings. The van der Waals surface area contributed by atoms with Crippen molar-refractivity contribution in [3.8, 4) is 11.5 Å². The van der Waals surface area contributed by atoms with E-state index < -0.39 is 28.5 Å². The Morgan fingerprint density at radius 2 is 1.59 bits per heavy atom. The highest BCUT2D eigenvalue weighted by Crippen LogP contribution is 2.34. The molecule has 0 saturated carbocycles. The molecule has 11 heteroatoms. The largest absolute Gasteiger partial charge is 0.493 e. The summed E-state index contributed by atoms with van der Waals surface area (Å²) in [6.07, 6.45) is 0. The van der Waals surface area contributed by atoms with Crippen LogP contribution in [0.1, 0.15) is 19.4 Å². The van der Waals surface area contributed by atoms with Crippen molar-refractivity contribution >= 4 is 39.1 Å². The Morgan fingerprint density at radius 3 is 2.18 bits per heavy atom. The molecule has 0 bridgehead atoms. The van der Waals surface area contributed by atoms with Crippen LogP contribution in [0.15, 0.2) is 77.7 Å². The number of nitrogens with one attached hydrogen (secondary N) is 1. The number of sulfonamides is 1. The molecule has 1 N–H and O–H groups in total. The van der Waals surface area contributed by atoms with E-state index in [9.17, 15) is 18.0 Å². The molecule has 0 aliphatic carbocycles. The molecule has 3 aromatic carbocycles. The van der Waals surface area contributed by atoms with Gasteiger partial charge in [-0.15, -0.1) is 0 Å². The molecule has 9 nitrogen and oxygen atoms in total. The minimum Gasteiger partial charge on any atom is -0.493 e. The monoisotopic (exact) mass is 573 g/mol. The minimum atomic E-state index is -4.19. The summed E-state index contributed by atoms with van der Waals surface area (Å²) in [5.41, 5.74) is 0.925. The van der Waals surface area contributed by atoms with Crippen LogP contribution in [0.2, 0.25) is 5.02 Å². The molecule has 2 amide bonds. The number of hydrogen-bond donors (Lipinski definition) is 1. The first kappa shape index (κ1) is 29.8. The molecule has 0 radical (unpaired) electrons. The topological polar surface area (TPSA) is 105 Å². The van der Waals surface area contributed by atoms with Crippen LogP contribution in [0.3, 0.4) is 0 Å². The van der Waals surface area contributed by atoms with Gasteiger partial charge in [-0.25, -0.2) is 8.42 Å². The van der Waals surface area contributed by atoms with Gasteiger partial charge < -0.3 is 19.7 Å². The zero-order valence-electron chi connectivity index (χ0n) is 22.3. The molecule has 1 atom stereocenters. The van der Waals surface area contributed by atoms with Crippen LogP contribution in [0, 0.1) is 0 Å². The van der Waals surface area contributed by atoms with E-state index in [1.54, 1.807) is 62.4 Å². The van der Waals surface area contributed by atoms with E-state index in [-0.39, 0.29) is 23.0 Å². The van der Waals surface area contributed by atoms with Gasteiger partial charge in [0.2, 0.25) is 11.8 Å². The minimum absolute atomic E-state index is 0.00797. The molecular weight excluding hydrogens is 542 g/mol. The molecule has 3 rings (SSSR count). The van der Waals surface area contributed by atoms with Crippen molar-refractivity contribution in [2.45, 2.75) is 31.3 Å². The highest BCUT2D eigenvalue weighted by atomic mass is 35.5. The van der Waals surface area contributed by atoms with Crippen molar-refractivity contribution in [1.29, 1.82) is 0 Å². The summed E-state index contributed by atoms with van der Waals surface area (Å²) in [4.78, 5) is 28.0. The van der Waals surface area contributed by atoms with Crippen LogP contribution in [0.25, 0.3) is 0 Å². The summed E-state index contributed by atoms with van der Waals surface area (Å²) in [7, 11) is -1.29. The van der Waals surface area contributed by atoms with Crippen LogP contribution < -0.4 is 19.1 Å². The second-order valence-corrected chi connectivity index (χ2v) is 10.9. The van der Waals surface area contributed by atoms with Gasteiger partial charge in [-0.2, -0.15) is 0 Å². The van der Waals surface area contributed by atoms with E-state index in [0.29, 0.717) is 23.1 Å². The molecule has 208 valence electrons. The Balaban J connectivity index is 2.07. The van der Waals surface area contributed by atoms with Gasteiger partial charge in [-0.05, 0) is 55.8 Å². The lowest BCUT2D eigenvalue weighted by atomic mass is 10.1. The van der Waals surface area contributed by atoms with Gasteiger partial charge in [0.25, 0.3) is 10.0 Å². The molecule has 0 aromatic heterocycles. The molecule has 3 aromatic rings. The first-order chi connectivity index (χ1) is 18.6. The number of rotatable bonds is 12. The fourth-order valence-electron chi connectivity index (χ4n) is 3.92. The zero-order valence-corrected chi connectivity index (χ0v) is 23.8. The lowest BCUT2D eigenvalue weighted by Crippen LogP contribution is -2.51. The molecule has 0 aliphatic heterocycles. The maximum atomic E-state index is 13.9. The van der Waals surface area contributed by atoms with Crippen molar-refractivity contribution in [3.63, 3.8) is 0 Å². The van der Waals surface area contributed by atoms with Gasteiger partial charge in [0.15, 0.2) is 11.5 Å². The Morgan fingerprint density at radius 1 is 0.949 bits per heavy atom. The predicted octanol–water partition coefficient (Wildman–Crippen LogP) is 4.11. The molecular formula is C28H32ClN3O6S. The van der Waals surface area contributed by atoms with Gasteiger partial charge in [0, 0.05) is 24.2 Å².